The molecule has 1 aromatic heterocycles. The zero-order valence-electron chi connectivity index (χ0n) is 19.2. The van der Waals surface area contributed by atoms with Crippen molar-refractivity contribution in [3.05, 3.63) is 101 Å². The van der Waals surface area contributed by atoms with Crippen LogP contribution in [0.5, 0.6) is 0 Å². The van der Waals surface area contributed by atoms with E-state index in [-0.39, 0.29) is 11.6 Å². The van der Waals surface area contributed by atoms with Crippen molar-refractivity contribution in [1.29, 1.82) is 0 Å². The van der Waals surface area contributed by atoms with Crippen LogP contribution < -0.4 is 5.32 Å². The molecule has 4 nitrogen and oxygen atoms in total. The zero-order valence-corrected chi connectivity index (χ0v) is 20.0. The first-order chi connectivity index (χ1) is 17.3. The first kappa shape index (κ1) is 24.2. The van der Waals surface area contributed by atoms with Gasteiger partial charge in [-0.3, -0.25) is 4.79 Å². The summed E-state index contributed by atoms with van der Waals surface area (Å²) in [4.78, 5) is 14.7. The number of para-hydroxylation sites is 1. The lowest BCUT2D eigenvalue weighted by molar-refractivity contribution is -0.137. The van der Waals surface area contributed by atoms with E-state index in [2.05, 4.69) is 5.32 Å². The fraction of sp³-hybridized carbons (Fsp3) is 0.179. The van der Waals surface area contributed by atoms with Crippen molar-refractivity contribution < 1.29 is 18.0 Å². The summed E-state index contributed by atoms with van der Waals surface area (Å²) in [6.07, 6.45) is -4.53. The van der Waals surface area contributed by atoms with Crippen LogP contribution in [0.3, 0.4) is 0 Å². The Morgan fingerprint density at radius 2 is 1.33 bits per heavy atom. The van der Waals surface area contributed by atoms with Gasteiger partial charge in [0, 0.05) is 36.8 Å². The Balaban J connectivity index is 1.61. The van der Waals surface area contributed by atoms with Gasteiger partial charge in [0.1, 0.15) is 0 Å². The number of alkyl halides is 3. The topological polar surface area (TPSA) is 37.3 Å². The van der Waals surface area contributed by atoms with E-state index >= 15 is 0 Å². The number of halogens is 4. The number of piperazine rings is 1. The monoisotopic (exact) mass is 509 g/mol. The predicted molar refractivity (Wildman–Crippen MR) is 135 cm³/mol. The Bertz CT molecular complexity index is 1370. The molecular formula is C28H23ClF3N3O. The predicted octanol–water partition coefficient (Wildman–Crippen LogP) is 6.53. The highest BCUT2D eigenvalue weighted by atomic mass is 35.5. The summed E-state index contributed by atoms with van der Waals surface area (Å²) in [6.45, 7) is 2.79. The Morgan fingerprint density at radius 1 is 0.778 bits per heavy atom. The van der Waals surface area contributed by atoms with Gasteiger partial charge in [0.05, 0.1) is 22.6 Å². The number of benzene rings is 3. The number of nitrogens with one attached hydrogen (secondary N) is 1. The molecule has 1 amide bonds. The number of nitrogens with zero attached hydrogens (tertiary/aromatic N) is 2. The summed E-state index contributed by atoms with van der Waals surface area (Å²) < 4.78 is 43.6. The van der Waals surface area contributed by atoms with Gasteiger partial charge in [0.15, 0.2) is 0 Å². The minimum absolute atomic E-state index is 0.0240. The van der Waals surface area contributed by atoms with Crippen molar-refractivity contribution >= 4 is 17.5 Å². The van der Waals surface area contributed by atoms with Crippen LogP contribution in [0.25, 0.3) is 28.2 Å². The van der Waals surface area contributed by atoms with Crippen LogP contribution in [0.1, 0.15) is 15.9 Å². The Labute approximate surface area is 211 Å². The van der Waals surface area contributed by atoms with Gasteiger partial charge in [-0.2, -0.15) is 13.2 Å². The molecule has 3 aromatic carbocycles. The maximum Gasteiger partial charge on any atom is 0.418 e. The van der Waals surface area contributed by atoms with Crippen molar-refractivity contribution in [1.82, 2.24) is 14.8 Å². The molecule has 5 rings (SSSR count). The van der Waals surface area contributed by atoms with Gasteiger partial charge in [-0.05, 0) is 59.7 Å². The van der Waals surface area contributed by atoms with Gasteiger partial charge in [0.25, 0.3) is 5.91 Å². The second-order valence-corrected chi connectivity index (χ2v) is 9.02. The van der Waals surface area contributed by atoms with E-state index in [1.54, 1.807) is 76.2 Å². The van der Waals surface area contributed by atoms with Crippen molar-refractivity contribution in [3.63, 3.8) is 0 Å². The van der Waals surface area contributed by atoms with E-state index in [0.29, 0.717) is 40.6 Å². The fourth-order valence-corrected chi connectivity index (χ4v) is 4.64. The van der Waals surface area contributed by atoms with E-state index in [0.717, 1.165) is 24.7 Å². The Kier molecular flexibility index (Phi) is 6.60. The third-order valence-electron chi connectivity index (χ3n) is 6.30. The SMILES string of the molecule is O=C(c1ccc(-c2ccc(-c3ccc(Cl)cc3)n2-c2ccccc2C(F)(F)F)cc1)N1CCNCC1. The van der Waals surface area contributed by atoms with Crippen LogP contribution in [0, 0.1) is 0 Å². The van der Waals surface area contributed by atoms with Gasteiger partial charge in [-0.25, -0.2) is 0 Å². The van der Waals surface area contributed by atoms with Crippen molar-refractivity contribution in [2.45, 2.75) is 6.18 Å². The highest BCUT2D eigenvalue weighted by molar-refractivity contribution is 6.30. The number of carbonyl (C=O) groups is 1. The third kappa shape index (κ3) is 4.76. The summed E-state index contributed by atoms with van der Waals surface area (Å²) in [7, 11) is 0. The number of rotatable bonds is 4. The van der Waals surface area contributed by atoms with E-state index in [1.807, 2.05) is 0 Å². The van der Waals surface area contributed by atoms with Gasteiger partial charge in [-0.15, -0.1) is 0 Å². The molecule has 1 saturated heterocycles. The van der Waals surface area contributed by atoms with E-state index in [9.17, 15) is 18.0 Å². The first-order valence-electron chi connectivity index (χ1n) is 11.6. The fourth-order valence-electron chi connectivity index (χ4n) is 4.51. The molecule has 0 aliphatic carbocycles. The average Bonchev–Trinajstić information content (AvgIpc) is 3.34. The highest BCUT2D eigenvalue weighted by Gasteiger charge is 2.34. The van der Waals surface area contributed by atoms with Crippen LogP contribution >= 0.6 is 11.6 Å². The summed E-state index contributed by atoms with van der Waals surface area (Å²) in [5.41, 5.74) is 2.45. The molecule has 36 heavy (non-hydrogen) atoms. The zero-order chi connectivity index (χ0) is 25.3. The second-order valence-electron chi connectivity index (χ2n) is 8.58. The van der Waals surface area contributed by atoms with Crippen LogP contribution in [-0.2, 0) is 6.18 Å². The van der Waals surface area contributed by atoms with Crippen molar-refractivity contribution in [2.75, 3.05) is 26.2 Å². The molecule has 0 unspecified atom stereocenters. The number of hydrogen-bond acceptors (Lipinski definition) is 2. The van der Waals surface area contributed by atoms with Crippen LogP contribution in [0.2, 0.25) is 5.02 Å². The molecule has 1 fully saturated rings. The van der Waals surface area contributed by atoms with Crippen molar-refractivity contribution in [2.24, 2.45) is 0 Å². The average molecular weight is 510 g/mol. The van der Waals surface area contributed by atoms with Gasteiger partial charge < -0.3 is 14.8 Å². The number of amides is 1. The molecule has 0 bridgehead atoms. The van der Waals surface area contributed by atoms with Gasteiger partial charge >= 0.3 is 6.18 Å². The van der Waals surface area contributed by atoms with E-state index < -0.39 is 11.7 Å². The number of aromatic nitrogens is 1. The first-order valence-corrected chi connectivity index (χ1v) is 12.0. The lowest BCUT2D eigenvalue weighted by Crippen LogP contribution is -2.46. The normalized spacial score (nSPS) is 14.2. The van der Waals surface area contributed by atoms with Gasteiger partial charge in [-0.1, -0.05) is 48.0 Å². The maximum absolute atomic E-state index is 14.0. The Morgan fingerprint density at radius 3 is 1.92 bits per heavy atom. The van der Waals surface area contributed by atoms with Crippen LogP contribution in [-0.4, -0.2) is 41.6 Å². The number of carbonyl (C=O) groups excluding carboxylic acids is 1. The van der Waals surface area contributed by atoms with Crippen LogP contribution in [0.4, 0.5) is 13.2 Å². The van der Waals surface area contributed by atoms with Gasteiger partial charge in [0.2, 0.25) is 0 Å². The quantitative estimate of drug-likeness (QED) is 0.339. The maximum atomic E-state index is 14.0. The highest BCUT2D eigenvalue weighted by Crippen LogP contribution is 2.39. The molecule has 0 saturated carbocycles. The summed E-state index contributed by atoms with van der Waals surface area (Å²) in [6, 6.07) is 23.1. The lowest BCUT2D eigenvalue weighted by Gasteiger charge is -2.27. The molecule has 1 N–H and O–H groups in total. The number of hydrogen-bond donors (Lipinski definition) is 1. The summed E-state index contributed by atoms with van der Waals surface area (Å²) in [5, 5.41) is 3.76. The minimum Gasteiger partial charge on any atom is -0.336 e. The lowest BCUT2D eigenvalue weighted by atomic mass is 10.1. The summed E-state index contributed by atoms with van der Waals surface area (Å²) in [5.74, 6) is -0.0531. The van der Waals surface area contributed by atoms with Crippen LogP contribution in [0.15, 0.2) is 84.9 Å². The molecule has 0 atom stereocenters. The summed E-state index contributed by atoms with van der Waals surface area (Å²) >= 11 is 6.05. The molecule has 2 heterocycles. The molecule has 0 radical (unpaired) electrons. The minimum atomic E-state index is -4.53. The molecule has 8 heteroatoms. The smallest absolute Gasteiger partial charge is 0.336 e. The second kappa shape index (κ2) is 9.84. The Hall–Kier alpha value is -3.55. The molecule has 1 aliphatic heterocycles. The standard InChI is InChI=1S/C28H23ClF3N3O/c29-22-11-9-20(10-12-22)25-14-13-24(35(25)26-4-2-1-3-23(26)28(30,31)32)19-5-7-21(8-6-19)27(36)34-17-15-33-16-18-34/h1-14,33H,15-18H2. The third-order valence-corrected chi connectivity index (χ3v) is 6.56. The van der Waals surface area contributed by atoms with Crippen molar-refractivity contribution in [3.8, 4) is 28.2 Å². The molecular weight excluding hydrogens is 487 g/mol. The molecule has 1 aliphatic rings. The molecule has 4 aromatic rings. The molecule has 0 spiro atoms. The van der Waals surface area contributed by atoms with E-state index in [4.69, 9.17) is 11.6 Å². The largest absolute Gasteiger partial charge is 0.418 e. The molecule has 184 valence electrons. The van der Waals surface area contributed by atoms with E-state index in [1.165, 1.54) is 12.1 Å².